The molecule has 0 fully saturated rings. The molecule has 2 aromatic heterocycles. The Morgan fingerprint density at radius 2 is 2.37 bits per heavy atom. The molecular weight excluding hydrogens is 244 g/mol. The number of fused-ring (bicyclic) bond motifs is 1. The van der Waals surface area contributed by atoms with Crippen molar-refractivity contribution in [2.75, 3.05) is 12.3 Å². The second-order valence-electron chi connectivity index (χ2n) is 4.82. The largest absolute Gasteiger partial charge is 0.369 e. The second kappa shape index (κ2) is 4.51. The van der Waals surface area contributed by atoms with Gasteiger partial charge in [0.15, 0.2) is 0 Å². The summed E-state index contributed by atoms with van der Waals surface area (Å²) >= 11 is 0. The zero-order valence-corrected chi connectivity index (χ0v) is 10.8. The van der Waals surface area contributed by atoms with E-state index in [4.69, 9.17) is 5.73 Å². The lowest BCUT2D eigenvalue weighted by Gasteiger charge is -2.26. The van der Waals surface area contributed by atoms with Crippen LogP contribution in [-0.4, -0.2) is 31.2 Å². The van der Waals surface area contributed by atoms with Crippen LogP contribution in [-0.2, 0) is 26.6 Å². The number of nitrogens with two attached hydrogens (primary N) is 1. The number of hydrogen-bond acceptors (Lipinski definition) is 5. The molecule has 0 spiro atoms. The van der Waals surface area contributed by atoms with Crippen LogP contribution in [0.25, 0.3) is 0 Å². The quantitative estimate of drug-likeness (QED) is 0.769. The Kier molecular flexibility index (Phi) is 2.83. The molecule has 19 heavy (non-hydrogen) atoms. The maximum absolute atomic E-state index is 11.9. The maximum Gasteiger partial charge on any atom is 0.257 e. The Bertz CT molecular complexity index is 658. The molecule has 0 atom stereocenters. The molecule has 3 heterocycles. The predicted octanol–water partition coefficient (Wildman–Crippen LogP) is -0.356. The number of hydrogen-bond donors (Lipinski definition) is 2. The summed E-state index contributed by atoms with van der Waals surface area (Å²) in [4.78, 5) is 20.8. The molecular formula is C12H16N6O. The van der Waals surface area contributed by atoms with Gasteiger partial charge in [0.2, 0.25) is 5.95 Å². The van der Waals surface area contributed by atoms with Gasteiger partial charge in [-0.15, -0.1) is 0 Å². The van der Waals surface area contributed by atoms with Crippen molar-refractivity contribution in [1.29, 1.82) is 0 Å². The molecule has 1 aliphatic rings. The monoisotopic (exact) mass is 260 g/mol. The average Bonchev–Trinajstić information content (AvgIpc) is 2.75. The van der Waals surface area contributed by atoms with Crippen LogP contribution in [0.2, 0.25) is 0 Å². The van der Waals surface area contributed by atoms with Gasteiger partial charge < -0.3 is 5.73 Å². The number of aromatic nitrogens is 4. The van der Waals surface area contributed by atoms with Gasteiger partial charge in [-0.05, 0) is 6.07 Å². The van der Waals surface area contributed by atoms with Crippen molar-refractivity contribution in [3.63, 3.8) is 0 Å². The average molecular weight is 260 g/mol. The molecule has 0 saturated heterocycles. The van der Waals surface area contributed by atoms with Gasteiger partial charge in [-0.25, -0.2) is 4.98 Å². The van der Waals surface area contributed by atoms with Gasteiger partial charge in [0.1, 0.15) is 0 Å². The molecule has 1 aliphatic heterocycles. The van der Waals surface area contributed by atoms with Crippen molar-refractivity contribution in [2.45, 2.75) is 19.5 Å². The standard InChI is InChI=1S/C12H16N6O/c1-17-4-2-8(16-17)6-18-5-3-10-9(7-18)11(19)15-12(13)14-10/h2,4H,3,5-7H2,1H3,(H3,13,14,15,19). The Balaban J connectivity index is 1.80. The molecule has 7 nitrogen and oxygen atoms in total. The number of nitrogens with zero attached hydrogens (tertiary/aromatic N) is 4. The third-order valence-corrected chi connectivity index (χ3v) is 3.32. The van der Waals surface area contributed by atoms with Gasteiger partial charge in [0, 0.05) is 39.3 Å². The third-order valence-electron chi connectivity index (χ3n) is 3.32. The molecule has 0 saturated carbocycles. The molecule has 7 heteroatoms. The molecule has 0 aliphatic carbocycles. The summed E-state index contributed by atoms with van der Waals surface area (Å²) in [6.45, 7) is 2.19. The van der Waals surface area contributed by atoms with E-state index in [2.05, 4.69) is 20.0 Å². The first-order chi connectivity index (χ1) is 9.11. The zero-order chi connectivity index (χ0) is 13.4. The van der Waals surface area contributed by atoms with Gasteiger partial charge in [-0.2, -0.15) is 5.10 Å². The van der Waals surface area contributed by atoms with E-state index < -0.39 is 0 Å². The van der Waals surface area contributed by atoms with Gasteiger partial charge >= 0.3 is 0 Å². The highest BCUT2D eigenvalue weighted by atomic mass is 16.1. The molecule has 3 N–H and O–H groups in total. The topological polar surface area (TPSA) is 92.8 Å². The smallest absolute Gasteiger partial charge is 0.257 e. The van der Waals surface area contributed by atoms with Crippen LogP contribution in [0.1, 0.15) is 17.0 Å². The lowest BCUT2D eigenvalue weighted by Crippen LogP contribution is -2.35. The number of nitrogens with one attached hydrogen (secondary N) is 1. The van der Waals surface area contributed by atoms with Crippen LogP contribution in [0, 0.1) is 0 Å². The van der Waals surface area contributed by atoms with E-state index in [1.165, 1.54) is 0 Å². The van der Waals surface area contributed by atoms with E-state index in [-0.39, 0.29) is 11.5 Å². The molecule has 2 aromatic rings. The van der Waals surface area contributed by atoms with Crippen LogP contribution in [0.3, 0.4) is 0 Å². The summed E-state index contributed by atoms with van der Waals surface area (Å²) in [5.74, 6) is 0.196. The Morgan fingerprint density at radius 3 is 3.11 bits per heavy atom. The van der Waals surface area contributed by atoms with Gasteiger partial charge in [-0.1, -0.05) is 0 Å². The number of aryl methyl sites for hydroxylation is 1. The van der Waals surface area contributed by atoms with E-state index in [9.17, 15) is 4.79 Å². The van der Waals surface area contributed by atoms with E-state index in [0.717, 1.165) is 36.5 Å². The molecule has 3 rings (SSSR count). The van der Waals surface area contributed by atoms with Crippen molar-refractivity contribution in [1.82, 2.24) is 24.6 Å². The number of nitrogen functional groups attached to an aromatic ring is 1. The predicted molar refractivity (Wildman–Crippen MR) is 70.3 cm³/mol. The van der Waals surface area contributed by atoms with Crippen molar-refractivity contribution in [2.24, 2.45) is 7.05 Å². The Labute approximate surface area is 110 Å². The molecule has 0 bridgehead atoms. The van der Waals surface area contributed by atoms with Crippen LogP contribution in [0.15, 0.2) is 17.1 Å². The fraction of sp³-hybridized carbons (Fsp3) is 0.417. The molecule has 100 valence electrons. The molecule has 0 unspecified atom stereocenters. The van der Waals surface area contributed by atoms with Gasteiger partial charge in [-0.3, -0.25) is 19.4 Å². The second-order valence-corrected chi connectivity index (χ2v) is 4.82. The van der Waals surface area contributed by atoms with Crippen LogP contribution < -0.4 is 11.3 Å². The van der Waals surface area contributed by atoms with E-state index in [1.807, 2.05) is 19.3 Å². The lowest BCUT2D eigenvalue weighted by atomic mass is 10.1. The van der Waals surface area contributed by atoms with E-state index >= 15 is 0 Å². The van der Waals surface area contributed by atoms with E-state index in [1.54, 1.807) is 4.68 Å². The van der Waals surface area contributed by atoms with Crippen molar-refractivity contribution in [3.8, 4) is 0 Å². The van der Waals surface area contributed by atoms with E-state index in [0.29, 0.717) is 6.54 Å². The van der Waals surface area contributed by atoms with Crippen LogP contribution in [0.4, 0.5) is 5.95 Å². The van der Waals surface area contributed by atoms with Gasteiger partial charge in [0.25, 0.3) is 5.56 Å². The minimum Gasteiger partial charge on any atom is -0.369 e. The summed E-state index contributed by atoms with van der Waals surface area (Å²) in [5, 5.41) is 4.35. The van der Waals surface area contributed by atoms with Crippen molar-refractivity contribution in [3.05, 3.63) is 39.6 Å². The summed E-state index contributed by atoms with van der Waals surface area (Å²) in [6, 6.07) is 1.99. The highest BCUT2D eigenvalue weighted by molar-refractivity contribution is 5.27. The fourth-order valence-electron chi connectivity index (χ4n) is 2.41. The molecule has 0 radical (unpaired) electrons. The van der Waals surface area contributed by atoms with Crippen molar-refractivity contribution >= 4 is 5.95 Å². The first-order valence-electron chi connectivity index (χ1n) is 6.20. The number of anilines is 1. The number of H-pyrrole nitrogens is 1. The molecule has 0 amide bonds. The first kappa shape index (κ1) is 11.9. The minimum atomic E-state index is -0.131. The van der Waals surface area contributed by atoms with Crippen molar-refractivity contribution < 1.29 is 0 Å². The van der Waals surface area contributed by atoms with Crippen LogP contribution >= 0.6 is 0 Å². The highest BCUT2D eigenvalue weighted by Crippen LogP contribution is 2.15. The molecule has 0 aromatic carbocycles. The Morgan fingerprint density at radius 1 is 1.53 bits per heavy atom. The van der Waals surface area contributed by atoms with Gasteiger partial charge in [0.05, 0.1) is 17.0 Å². The summed E-state index contributed by atoms with van der Waals surface area (Å²) < 4.78 is 1.78. The van der Waals surface area contributed by atoms with Crippen LogP contribution in [0.5, 0.6) is 0 Å². The summed E-state index contributed by atoms with van der Waals surface area (Å²) in [7, 11) is 1.90. The Hall–Kier alpha value is -2.15. The maximum atomic E-state index is 11.9. The third kappa shape index (κ3) is 2.37. The lowest BCUT2D eigenvalue weighted by molar-refractivity contribution is 0.238. The zero-order valence-electron chi connectivity index (χ0n) is 10.8. The fourth-order valence-corrected chi connectivity index (χ4v) is 2.41. The summed E-state index contributed by atoms with van der Waals surface area (Å²) in [5.41, 5.74) is 7.96. The normalized spacial score (nSPS) is 15.4. The SMILES string of the molecule is Cn1ccc(CN2CCc3nc(N)[nH]c(=O)c3C2)n1. The number of aromatic amines is 1. The summed E-state index contributed by atoms with van der Waals surface area (Å²) in [6.07, 6.45) is 2.67. The number of rotatable bonds is 2. The first-order valence-corrected chi connectivity index (χ1v) is 6.20. The minimum absolute atomic E-state index is 0.131. The highest BCUT2D eigenvalue weighted by Gasteiger charge is 2.21.